The molecule has 3 nitrogen and oxygen atoms in total. The lowest BCUT2D eigenvalue weighted by Crippen LogP contribution is -2.24. The van der Waals surface area contributed by atoms with Gasteiger partial charge >= 0.3 is 0 Å². The molecule has 1 aromatic carbocycles. The second kappa shape index (κ2) is 5.16. The van der Waals surface area contributed by atoms with E-state index in [1.807, 2.05) is 31.0 Å². The summed E-state index contributed by atoms with van der Waals surface area (Å²) >= 11 is 0. The molecule has 3 heteroatoms. The molecule has 0 saturated carbocycles. The number of hydrogen-bond donors (Lipinski definition) is 0. The Balaban J connectivity index is 2.78. The molecule has 0 fully saturated rings. The highest BCUT2D eigenvalue weighted by Gasteiger charge is 2.05. The van der Waals surface area contributed by atoms with Crippen LogP contribution in [0.1, 0.15) is 18.9 Å². The second-order valence-corrected chi connectivity index (χ2v) is 3.41. The second-order valence-electron chi connectivity index (χ2n) is 3.41. The molecule has 1 rings (SSSR count). The van der Waals surface area contributed by atoms with Gasteiger partial charge in [0.25, 0.3) is 0 Å². The van der Waals surface area contributed by atoms with Gasteiger partial charge in [0.05, 0.1) is 18.2 Å². The molecular formula is C12H14N2O. The van der Waals surface area contributed by atoms with Crippen LogP contribution in [0.3, 0.4) is 0 Å². The van der Waals surface area contributed by atoms with Gasteiger partial charge in [-0.3, -0.25) is 4.79 Å². The van der Waals surface area contributed by atoms with Gasteiger partial charge in [-0.25, -0.2) is 0 Å². The van der Waals surface area contributed by atoms with Gasteiger partial charge in [0, 0.05) is 19.2 Å². The van der Waals surface area contributed by atoms with Crippen molar-refractivity contribution in [3.8, 4) is 6.07 Å². The van der Waals surface area contributed by atoms with Gasteiger partial charge in [0.15, 0.2) is 5.78 Å². The summed E-state index contributed by atoms with van der Waals surface area (Å²) in [6.07, 6.45) is 0.544. The fourth-order valence-corrected chi connectivity index (χ4v) is 1.28. The Hall–Kier alpha value is -1.82. The maximum absolute atomic E-state index is 11.2. The zero-order chi connectivity index (χ0) is 11.3. The van der Waals surface area contributed by atoms with Gasteiger partial charge in [-0.05, 0) is 18.2 Å². The van der Waals surface area contributed by atoms with Crippen molar-refractivity contribution in [2.75, 3.05) is 18.5 Å². The minimum atomic E-state index is 0.194. The first-order chi connectivity index (χ1) is 7.17. The number of carbonyl (C=O) groups excluding carboxylic acids is 1. The summed E-state index contributed by atoms with van der Waals surface area (Å²) in [6, 6.07) is 9.32. The van der Waals surface area contributed by atoms with Crippen LogP contribution in [0.5, 0.6) is 0 Å². The van der Waals surface area contributed by atoms with E-state index in [1.54, 1.807) is 12.1 Å². The van der Waals surface area contributed by atoms with Gasteiger partial charge in [0.1, 0.15) is 0 Å². The van der Waals surface area contributed by atoms with E-state index in [2.05, 4.69) is 6.07 Å². The topological polar surface area (TPSA) is 44.1 Å². The number of hydrogen-bond acceptors (Lipinski definition) is 3. The van der Waals surface area contributed by atoms with Crippen LogP contribution in [0.2, 0.25) is 0 Å². The van der Waals surface area contributed by atoms with Gasteiger partial charge in [-0.2, -0.15) is 5.26 Å². The summed E-state index contributed by atoms with van der Waals surface area (Å²) in [7, 11) is 1.85. The zero-order valence-electron chi connectivity index (χ0n) is 9.03. The molecule has 0 radical (unpaired) electrons. The fraction of sp³-hybridized carbons (Fsp3) is 0.333. The Morgan fingerprint density at radius 2 is 2.27 bits per heavy atom. The summed E-state index contributed by atoms with van der Waals surface area (Å²) in [5, 5.41) is 8.74. The predicted octanol–water partition coefficient (Wildman–Crippen LogP) is 1.97. The quantitative estimate of drug-likeness (QED) is 0.749. The van der Waals surface area contributed by atoms with Crippen molar-refractivity contribution in [2.45, 2.75) is 13.3 Å². The van der Waals surface area contributed by atoms with E-state index >= 15 is 0 Å². The number of carbonyl (C=O) groups is 1. The fourth-order valence-electron chi connectivity index (χ4n) is 1.28. The molecule has 0 aliphatic rings. The molecular weight excluding hydrogens is 188 g/mol. The molecule has 15 heavy (non-hydrogen) atoms. The molecule has 0 N–H and O–H groups in total. The Morgan fingerprint density at radius 3 is 2.87 bits per heavy atom. The number of likely N-dealkylation sites (N-methyl/N-ethyl adjacent to an activating group) is 1. The predicted molar refractivity (Wildman–Crippen MR) is 59.7 cm³/mol. The summed E-state index contributed by atoms with van der Waals surface area (Å²) in [5.74, 6) is 0.194. The number of anilines is 1. The first-order valence-electron chi connectivity index (χ1n) is 4.90. The van der Waals surface area contributed by atoms with Crippen LogP contribution in [0.25, 0.3) is 0 Å². The smallest absolute Gasteiger partial charge is 0.151 e. The van der Waals surface area contributed by atoms with Crippen molar-refractivity contribution >= 4 is 11.5 Å². The molecule has 0 spiro atoms. The summed E-state index contributed by atoms with van der Waals surface area (Å²) in [5.41, 5.74) is 1.51. The summed E-state index contributed by atoms with van der Waals surface area (Å²) in [4.78, 5) is 13.1. The van der Waals surface area contributed by atoms with E-state index in [4.69, 9.17) is 5.26 Å². The van der Waals surface area contributed by atoms with Crippen LogP contribution in [-0.2, 0) is 4.79 Å². The lowest BCUT2D eigenvalue weighted by molar-refractivity contribution is -0.117. The van der Waals surface area contributed by atoms with E-state index in [0.29, 0.717) is 18.5 Å². The van der Waals surface area contributed by atoms with Crippen LogP contribution >= 0.6 is 0 Å². The molecule has 0 aromatic heterocycles. The van der Waals surface area contributed by atoms with Crippen molar-refractivity contribution < 1.29 is 4.79 Å². The zero-order valence-corrected chi connectivity index (χ0v) is 9.03. The average Bonchev–Trinajstić information content (AvgIpc) is 2.28. The number of nitrogens with zero attached hydrogens (tertiary/aromatic N) is 2. The Kier molecular flexibility index (Phi) is 3.87. The molecule has 0 aliphatic carbocycles. The molecule has 0 saturated heterocycles. The van der Waals surface area contributed by atoms with Crippen molar-refractivity contribution in [2.24, 2.45) is 0 Å². The van der Waals surface area contributed by atoms with Gasteiger partial charge in [0.2, 0.25) is 0 Å². The third-order valence-electron chi connectivity index (χ3n) is 2.22. The van der Waals surface area contributed by atoms with Crippen molar-refractivity contribution in [3.63, 3.8) is 0 Å². The van der Waals surface area contributed by atoms with Crippen molar-refractivity contribution in [1.82, 2.24) is 0 Å². The number of Topliss-reactive ketones (excluding diaryl/α,β-unsaturated/α-hetero) is 1. The highest BCUT2D eigenvalue weighted by atomic mass is 16.1. The maximum Gasteiger partial charge on any atom is 0.151 e. The van der Waals surface area contributed by atoms with Crippen LogP contribution in [0, 0.1) is 11.3 Å². The third kappa shape index (κ3) is 3.10. The lowest BCUT2D eigenvalue weighted by Gasteiger charge is -2.18. The average molecular weight is 202 g/mol. The minimum absolute atomic E-state index is 0.194. The normalized spacial score (nSPS) is 9.40. The van der Waals surface area contributed by atoms with Gasteiger partial charge in [-0.1, -0.05) is 13.0 Å². The van der Waals surface area contributed by atoms with E-state index in [1.165, 1.54) is 0 Å². The summed E-state index contributed by atoms with van der Waals surface area (Å²) < 4.78 is 0. The molecule has 1 aromatic rings. The SMILES string of the molecule is CCC(=O)CN(C)c1cccc(C#N)c1. The molecule has 0 unspecified atom stereocenters. The standard InChI is InChI=1S/C12H14N2O/c1-3-12(15)9-14(2)11-6-4-5-10(7-11)8-13/h4-7H,3,9H2,1-2H3. The van der Waals surface area contributed by atoms with Gasteiger partial charge in [-0.15, -0.1) is 0 Å². The highest BCUT2D eigenvalue weighted by molar-refractivity contribution is 5.83. The molecule has 0 amide bonds. The van der Waals surface area contributed by atoms with E-state index in [-0.39, 0.29) is 5.78 Å². The first kappa shape index (κ1) is 11.3. The minimum Gasteiger partial charge on any atom is -0.367 e. The van der Waals surface area contributed by atoms with E-state index < -0.39 is 0 Å². The van der Waals surface area contributed by atoms with Crippen LogP contribution in [0.4, 0.5) is 5.69 Å². The van der Waals surface area contributed by atoms with Crippen molar-refractivity contribution in [3.05, 3.63) is 29.8 Å². The molecule has 0 bridgehead atoms. The van der Waals surface area contributed by atoms with Crippen molar-refractivity contribution in [1.29, 1.82) is 5.26 Å². The number of nitriles is 1. The van der Waals surface area contributed by atoms with E-state index in [9.17, 15) is 4.79 Å². The van der Waals surface area contributed by atoms with E-state index in [0.717, 1.165) is 5.69 Å². The van der Waals surface area contributed by atoms with Crippen LogP contribution in [-0.4, -0.2) is 19.4 Å². The molecule has 0 aliphatic heterocycles. The number of benzene rings is 1. The Morgan fingerprint density at radius 1 is 1.53 bits per heavy atom. The largest absolute Gasteiger partial charge is 0.367 e. The molecule has 78 valence electrons. The van der Waals surface area contributed by atoms with Crippen LogP contribution < -0.4 is 4.90 Å². The highest BCUT2D eigenvalue weighted by Crippen LogP contribution is 2.14. The lowest BCUT2D eigenvalue weighted by atomic mass is 10.2. The molecule has 0 atom stereocenters. The van der Waals surface area contributed by atoms with Crippen LogP contribution in [0.15, 0.2) is 24.3 Å². The summed E-state index contributed by atoms with van der Waals surface area (Å²) in [6.45, 7) is 2.24. The first-order valence-corrected chi connectivity index (χ1v) is 4.90. The maximum atomic E-state index is 11.2. The third-order valence-corrected chi connectivity index (χ3v) is 2.22. The number of rotatable bonds is 4. The Labute approximate surface area is 89.9 Å². The Bertz CT molecular complexity index is 393. The molecule has 0 heterocycles. The number of ketones is 1. The monoisotopic (exact) mass is 202 g/mol. The van der Waals surface area contributed by atoms with Gasteiger partial charge < -0.3 is 4.90 Å².